The summed E-state index contributed by atoms with van der Waals surface area (Å²) in [6, 6.07) is 10.3. The fourth-order valence-electron chi connectivity index (χ4n) is 1.81. The smallest absolute Gasteiger partial charge is 0.155 e. The second-order valence-corrected chi connectivity index (χ2v) is 4.19. The third-order valence-corrected chi connectivity index (χ3v) is 2.78. The van der Waals surface area contributed by atoms with Crippen molar-refractivity contribution in [2.45, 2.75) is 39.2 Å². The molecule has 0 atom stereocenters. The zero-order chi connectivity index (χ0) is 11.9. The Labute approximate surface area is 102 Å². The lowest BCUT2D eigenvalue weighted by Gasteiger charge is -2.03. The van der Waals surface area contributed by atoms with Crippen molar-refractivity contribution in [1.82, 2.24) is 20.2 Å². The van der Waals surface area contributed by atoms with Crippen LogP contribution in [0.25, 0.3) is 0 Å². The summed E-state index contributed by atoms with van der Waals surface area (Å²) in [5, 5.41) is 11.9. The molecule has 2 aromatic rings. The molecule has 0 saturated carbocycles. The summed E-state index contributed by atoms with van der Waals surface area (Å²) in [6.07, 6.45) is 4.39. The van der Waals surface area contributed by atoms with Gasteiger partial charge in [-0.3, -0.25) is 0 Å². The Morgan fingerprint density at radius 2 is 1.94 bits per heavy atom. The van der Waals surface area contributed by atoms with E-state index in [9.17, 15) is 0 Å². The number of benzene rings is 1. The van der Waals surface area contributed by atoms with Gasteiger partial charge in [0, 0.05) is 13.0 Å². The van der Waals surface area contributed by atoms with Crippen molar-refractivity contribution in [3.05, 3.63) is 41.7 Å². The summed E-state index contributed by atoms with van der Waals surface area (Å²) in [5.74, 6) is 0.951. The highest BCUT2D eigenvalue weighted by Crippen LogP contribution is 2.07. The average molecular weight is 230 g/mol. The minimum absolute atomic E-state index is 0.806. The van der Waals surface area contributed by atoms with Crippen LogP contribution in [0.3, 0.4) is 0 Å². The number of hydrogen-bond acceptors (Lipinski definition) is 3. The van der Waals surface area contributed by atoms with E-state index >= 15 is 0 Å². The van der Waals surface area contributed by atoms with E-state index in [1.54, 1.807) is 0 Å². The molecule has 0 aliphatic carbocycles. The van der Waals surface area contributed by atoms with E-state index < -0.39 is 0 Å². The molecule has 1 aromatic carbocycles. The molecule has 0 spiro atoms. The molecule has 0 amide bonds. The molecule has 0 aliphatic heterocycles. The van der Waals surface area contributed by atoms with Gasteiger partial charge in [-0.2, -0.15) is 0 Å². The van der Waals surface area contributed by atoms with Crippen LogP contribution in [0.4, 0.5) is 0 Å². The summed E-state index contributed by atoms with van der Waals surface area (Å²) in [5.41, 5.74) is 1.25. The Balaban J connectivity index is 1.99. The highest BCUT2D eigenvalue weighted by molar-refractivity contribution is 5.18. The standard InChI is InChI=1S/C13H18N4/c1-2-3-7-10-17-13(14-15-16-17)11-12-8-5-4-6-9-12/h4-6,8-9H,2-3,7,10-11H2,1H3. The minimum Gasteiger partial charge on any atom is -0.229 e. The molecule has 17 heavy (non-hydrogen) atoms. The van der Waals surface area contributed by atoms with Gasteiger partial charge in [0.1, 0.15) is 0 Å². The topological polar surface area (TPSA) is 43.6 Å². The number of aryl methyl sites for hydroxylation is 1. The molecule has 2 rings (SSSR count). The zero-order valence-electron chi connectivity index (χ0n) is 10.2. The van der Waals surface area contributed by atoms with Gasteiger partial charge in [-0.25, -0.2) is 4.68 Å². The number of tetrazole rings is 1. The van der Waals surface area contributed by atoms with Gasteiger partial charge >= 0.3 is 0 Å². The second-order valence-electron chi connectivity index (χ2n) is 4.19. The Bertz CT molecular complexity index is 436. The van der Waals surface area contributed by atoms with Crippen LogP contribution in [0.15, 0.2) is 30.3 Å². The molecular formula is C13H18N4. The summed E-state index contributed by atoms with van der Waals surface area (Å²) >= 11 is 0. The number of nitrogens with zero attached hydrogens (tertiary/aromatic N) is 4. The van der Waals surface area contributed by atoms with Gasteiger partial charge in [0.15, 0.2) is 5.82 Å². The molecule has 90 valence electrons. The summed E-state index contributed by atoms with van der Waals surface area (Å²) in [6.45, 7) is 3.12. The summed E-state index contributed by atoms with van der Waals surface area (Å²) in [7, 11) is 0. The van der Waals surface area contributed by atoms with Crippen molar-refractivity contribution in [3.63, 3.8) is 0 Å². The summed E-state index contributed by atoms with van der Waals surface area (Å²) in [4.78, 5) is 0. The second kappa shape index (κ2) is 6.13. The van der Waals surface area contributed by atoms with Crippen LogP contribution in [0.2, 0.25) is 0 Å². The lowest BCUT2D eigenvalue weighted by Crippen LogP contribution is -2.06. The fraction of sp³-hybridized carbons (Fsp3) is 0.462. The number of rotatable bonds is 6. The molecule has 1 heterocycles. The van der Waals surface area contributed by atoms with E-state index in [1.165, 1.54) is 18.4 Å². The van der Waals surface area contributed by atoms with Crippen LogP contribution in [0, 0.1) is 0 Å². The van der Waals surface area contributed by atoms with E-state index in [2.05, 4.69) is 34.6 Å². The molecule has 0 aliphatic rings. The van der Waals surface area contributed by atoms with Crippen LogP contribution in [0.5, 0.6) is 0 Å². The van der Waals surface area contributed by atoms with Crippen LogP contribution in [-0.2, 0) is 13.0 Å². The maximum Gasteiger partial charge on any atom is 0.155 e. The number of hydrogen-bond donors (Lipinski definition) is 0. The molecule has 0 bridgehead atoms. The van der Waals surface area contributed by atoms with Gasteiger partial charge in [0.2, 0.25) is 0 Å². The number of aromatic nitrogens is 4. The highest BCUT2D eigenvalue weighted by Gasteiger charge is 2.06. The van der Waals surface area contributed by atoms with Gasteiger partial charge in [-0.1, -0.05) is 50.1 Å². The van der Waals surface area contributed by atoms with Crippen molar-refractivity contribution in [2.75, 3.05) is 0 Å². The Morgan fingerprint density at radius 3 is 2.71 bits per heavy atom. The molecule has 0 fully saturated rings. The van der Waals surface area contributed by atoms with Gasteiger partial charge in [0.25, 0.3) is 0 Å². The Hall–Kier alpha value is -1.71. The molecular weight excluding hydrogens is 212 g/mol. The maximum absolute atomic E-state index is 4.09. The first-order valence-corrected chi connectivity index (χ1v) is 6.19. The van der Waals surface area contributed by atoms with Crippen LogP contribution < -0.4 is 0 Å². The molecule has 4 nitrogen and oxygen atoms in total. The Morgan fingerprint density at radius 1 is 1.12 bits per heavy atom. The largest absolute Gasteiger partial charge is 0.229 e. The van der Waals surface area contributed by atoms with Crippen molar-refractivity contribution >= 4 is 0 Å². The molecule has 0 radical (unpaired) electrons. The normalized spacial score (nSPS) is 10.6. The maximum atomic E-state index is 4.09. The lowest BCUT2D eigenvalue weighted by molar-refractivity contribution is 0.523. The van der Waals surface area contributed by atoms with E-state index in [0.717, 1.165) is 25.2 Å². The van der Waals surface area contributed by atoms with Gasteiger partial charge < -0.3 is 0 Å². The van der Waals surface area contributed by atoms with Crippen LogP contribution in [-0.4, -0.2) is 20.2 Å². The first kappa shape index (κ1) is 11.8. The molecule has 0 unspecified atom stereocenters. The van der Waals surface area contributed by atoms with E-state index in [1.807, 2.05) is 22.9 Å². The van der Waals surface area contributed by atoms with Crippen LogP contribution in [0.1, 0.15) is 37.6 Å². The summed E-state index contributed by atoms with van der Waals surface area (Å²) < 4.78 is 1.92. The van der Waals surface area contributed by atoms with Crippen molar-refractivity contribution < 1.29 is 0 Å². The van der Waals surface area contributed by atoms with Crippen molar-refractivity contribution in [3.8, 4) is 0 Å². The van der Waals surface area contributed by atoms with E-state index in [0.29, 0.717) is 0 Å². The third kappa shape index (κ3) is 3.37. The van der Waals surface area contributed by atoms with Crippen molar-refractivity contribution in [1.29, 1.82) is 0 Å². The predicted molar refractivity (Wildman–Crippen MR) is 66.6 cm³/mol. The Kier molecular flexibility index (Phi) is 4.24. The lowest BCUT2D eigenvalue weighted by atomic mass is 10.1. The van der Waals surface area contributed by atoms with Gasteiger partial charge in [0.05, 0.1) is 0 Å². The third-order valence-electron chi connectivity index (χ3n) is 2.78. The molecule has 1 aromatic heterocycles. The zero-order valence-corrected chi connectivity index (χ0v) is 10.2. The van der Waals surface area contributed by atoms with E-state index in [4.69, 9.17) is 0 Å². The van der Waals surface area contributed by atoms with E-state index in [-0.39, 0.29) is 0 Å². The minimum atomic E-state index is 0.806. The highest BCUT2D eigenvalue weighted by atomic mass is 15.5. The quantitative estimate of drug-likeness (QED) is 0.716. The monoisotopic (exact) mass is 230 g/mol. The number of unbranched alkanes of at least 4 members (excludes halogenated alkanes) is 2. The molecule has 4 heteroatoms. The predicted octanol–water partition coefficient (Wildman–Crippen LogP) is 2.45. The van der Waals surface area contributed by atoms with Gasteiger partial charge in [-0.05, 0) is 22.4 Å². The van der Waals surface area contributed by atoms with Crippen molar-refractivity contribution in [2.24, 2.45) is 0 Å². The van der Waals surface area contributed by atoms with Gasteiger partial charge in [-0.15, -0.1) is 5.10 Å². The average Bonchev–Trinajstić information content (AvgIpc) is 2.79. The van der Waals surface area contributed by atoms with Crippen LogP contribution >= 0.6 is 0 Å². The molecule has 0 N–H and O–H groups in total. The first-order valence-electron chi connectivity index (χ1n) is 6.19. The fourth-order valence-corrected chi connectivity index (χ4v) is 1.81. The SMILES string of the molecule is CCCCCn1nnnc1Cc1ccccc1. The molecule has 0 saturated heterocycles. The first-order chi connectivity index (χ1) is 8.40.